The Morgan fingerprint density at radius 1 is 1.12 bits per heavy atom. The lowest BCUT2D eigenvalue weighted by molar-refractivity contribution is 0.353. The molecule has 26 heavy (non-hydrogen) atoms. The van der Waals surface area contributed by atoms with Gasteiger partial charge in [0.15, 0.2) is 5.11 Å². The van der Waals surface area contributed by atoms with E-state index in [4.69, 9.17) is 21.4 Å². The Morgan fingerprint density at radius 2 is 1.96 bits per heavy atom. The molecule has 0 aliphatic carbocycles. The molecule has 0 fully saturated rings. The molecule has 0 spiro atoms. The molecule has 3 rings (SSSR count). The minimum absolute atomic E-state index is 0.237. The smallest absolute Gasteiger partial charge is 0.174 e. The lowest BCUT2D eigenvalue weighted by Crippen LogP contribution is -2.33. The molecule has 134 valence electrons. The van der Waals surface area contributed by atoms with Gasteiger partial charge >= 0.3 is 0 Å². The van der Waals surface area contributed by atoms with Crippen molar-refractivity contribution in [3.05, 3.63) is 78.3 Å². The van der Waals surface area contributed by atoms with Gasteiger partial charge in [-0.15, -0.1) is 0 Å². The van der Waals surface area contributed by atoms with Crippen LogP contribution in [-0.4, -0.2) is 22.2 Å². The number of para-hydroxylation sites is 1. The van der Waals surface area contributed by atoms with Crippen LogP contribution in [0.2, 0.25) is 0 Å². The molecule has 0 atom stereocenters. The molecule has 3 aromatic rings. The first-order valence-corrected chi connectivity index (χ1v) is 8.56. The van der Waals surface area contributed by atoms with Gasteiger partial charge in [-0.3, -0.25) is 0 Å². The Kier molecular flexibility index (Phi) is 5.76. The van der Waals surface area contributed by atoms with Gasteiger partial charge in [0, 0.05) is 23.9 Å². The van der Waals surface area contributed by atoms with Gasteiger partial charge in [0.25, 0.3) is 0 Å². The summed E-state index contributed by atoms with van der Waals surface area (Å²) >= 11 is 5.60. The highest BCUT2D eigenvalue weighted by Crippen LogP contribution is 2.21. The second-order valence-electron chi connectivity index (χ2n) is 5.73. The molecule has 1 heterocycles. The molecule has 6 heteroatoms. The molecular formula is C20H20N2O3S. The number of hydrogen-bond acceptors (Lipinski definition) is 4. The van der Waals surface area contributed by atoms with E-state index in [0.717, 1.165) is 22.8 Å². The van der Waals surface area contributed by atoms with Crippen LogP contribution in [0.15, 0.2) is 71.3 Å². The maximum Gasteiger partial charge on any atom is 0.174 e. The molecule has 0 saturated carbocycles. The number of hydrogen-bond donors (Lipinski definition) is 2. The highest BCUT2D eigenvalue weighted by Gasteiger charge is 2.15. The van der Waals surface area contributed by atoms with Gasteiger partial charge in [-0.25, -0.2) is 0 Å². The van der Waals surface area contributed by atoms with E-state index in [2.05, 4.69) is 5.32 Å². The number of methoxy groups -OCH3 is 1. The van der Waals surface area contributed by atoms with E-state index in [1.807, 2.05) is 53.4 Å². The quantitative estimate of drug-likeness (QED) is 0.629. The molecule has 1 aromatic heterocycles. The highest BCUT2D eigenvalue weighted by molar-refractivity contribution is 7.80. The first kappa shape index (κ1) is 17.8. The van der Waals surface area contributed by atoms with Gasteiger partial charge in [-0.2, -0.15) is 0 Å². The average Bonchev–Trinajstić information content (AvgIpc) is 3.16. The van der Waals surface area contributed by atoms with Crippen LogP contribution in [0.4, 0.5) is 5.69 Å². The normalized spacial score (nSPS) is 10.3. The Balaban J connectivity index is 1.79. The van der Waals surface area contributed by atoms with E-state index in [9.17, 15) is 5.11 Å². The zero-order valence-electron chi connectivity index (χ0n) is 14.4. The molecule has 0 amide bonds. The summed E-state index contributed by atoms with van der Waals surface area (Å²) in [5.74, 6) is 1.77. The SMILES string of the molecule is COc1cccc(NC(=S)N(Cc2ccco2)Cc2ccccc2O)c1. The summed E-state index contributed by atoms with van der Waals surface area (Å²) in [6, 6.07) is 18.5. The van der Waals surface area contributed by atoms with E-state index in [-0.39, 0.29) is 5.75 Å². The number of furan rings is 1. The summed E-state index contributed by atoms with van der Waals surface area (Å²) in [5.41, 5.74) is 1.62. The largest absolute Gasteiger partial charge is 0.508 e. The van der Waals surface area contributed by atoms with Crippen molar-refractivity contribution in [1.29, 1.82) is 0 Å². The average molecular weight is 368 g/mol. The molecule has 0 bridgehead atoms. The van der Waals surface area contributed by atoms with Gasteiger partial charge in [0.2, 0.25) is 0 Å². The van der Waals surface area contributed by atoms with Crippen LogP contribution in [0, 0.1) is 0 Å². The van der Waals surface area contributed by atoms with Gasteiger partial charge in [-0.05, 0) is 42.5 Å². The number of ether oxygens (including phenoxy) is 1. The van der Waals surface area contributed by atoms with Crippen molar-refractivity contribution in [3.8, 4) is 11.5 Å². The van der Waals surface area contributed by atoms with E-state index in [1.165, 1.54) is 0 Å². The minimum atomic E-state index is 0.237. The summed E-state index contributed by atoms with van der Waals surface area (Å²) in [5, 5.41) is 13.8. The Bertz CT molecular complexity index is 865. The number of rotatable bonds is 6. The van der Waals surface area contributed by atoms with Crippen molar-refractivity contribution in [2.45, 2.75) is 13.1 Å². The van der Waals surface area contributed by atoms with Crippen molar-refractivity contribution >= 4 is 23.0 Å². The molecule has 0 aliphatic heterocycles. The van der Waals surface area contributed by atoms with Crippen LogP contribution >= 0.6 is 12.2 Å². The predicted molar refractivity (Wildman–Crippen MR) is 105 cm³/mol. The van der Waals surface area contributed by atoms with Gasteiger partial charge in [0.1, 0.15) is 17.3 Å². The predicted octanol–water partition coefficient (Wildman–Crippen LogP) is 4.39. The summed E-state index contributed by atoms with van der Waals surface area (Å²) in [7, 11) is 1.62. The number of nitrogens with zero attached hydrogens (tertiary/aromatic N) is 1. The number of phenols is 1. The second-order valence-corrected chi connectivity index (χ2v) is 6.11. The standard InChI is InChI=1S/C20H20N2O3S/c1-24-17-8-4-7-16(12-17)21-20(26)22(14-18-9-5-11-25-18)13-15-6-2-3-10-19(15)23/h2-12,23H,13-14H2,1H3,(H,21,26). The van der Waals surface area contributed by atoms with Crippen LogP contribution in [0.5, 0.6) is 11.5 Å². The third kappa shape index (κ3) is 4.55. The number of nitrogens with one attached hydrogen (secondary N) is 1. The summed E-state index contributed by atoms with van der Waals surface area (Å²) < 4.78 is 10.7. The molecule has 2 aromatic carbocycles. The number of aromatic hydroxyl groups is 1. The monoisotopic (exact) mass is 368 g/mol. The van der Waals surface area contributed by atoms with Crippen LogP contribution in [0.25, 0.3) is 0 Å². The second kappa shape index (κ2) is 8.40. The molecule has 0 aliphatic rings. The molecule has 5 nitrogen and oxygen atoms in total. The van der Waals surface area contributed by atoms with Gasteiger partial charge in [0.05, 0.1) is 19.9 Å². The Labute approximate surface area is 157 Å². The first-order valence-electron chi connectivity index (χ1n) is 8.15. The van der Waals surface area contributed by atoms with Crippen molar-refractivity contribution in [2.24, 2.45) is 0 Å². The third-order valence-corrected chi connectivity index (χ3v) is 4.25. The van der Waals surface area contributed by atoms with Crippen molar-refractivity contribution < 1.29 is 14.3 Å². The van der Waals surface area contributed by atoms with Crippen LogP contribution < -0.4 is 10.1 Å². The van der Waals surface area contributed by atoms with E-state index < -0.39 is 0 Å². The number of thiocarbonyl (C=S) groups is 1. The first-order chi connectivity index (χ1) is 12.7. The van der Waals surface area contributed by atoms with Crippen LogP contribution in [0.3, 0.4) is 0 Å². The zero-order valence-corrected chi connectivity index (χ0v) is 15.2. The summed E-state index contributed by atoms with van der Waals surface area (Å²) in [6.07, 6.45) is 1.63. The molecule has 0 unspecified atom stereocenters. The van der Waals surface area contributed by atoms with Gasteiger partial charge < -0.3 is 24.5 Å². The lowest BCUT2D eigenvalue weighted by Gasteiger charge is -2.25. The number of benzene rings is 2. The number of phenolic OH excluding ortho intramolecular Hbond substituents is 1. The summed E-state index contributed by atoms with van der Waals surface area (Å²) in [6.45, 7) is 0.931. The fourth-order valence-electron chi connectivity index (χ4n) is 2.54. The van der Waals surface area contributed by atoms with Gasteiger partial charge in [-0.1, -0.05) is 24.3 Å². The fraction of sp³-hybridized carbons (Fsp3) is 0.150. The number of anilines is 1. The highest BCUT2D eigenvalue weighted by atomic mass is 32.1. The van der Waals surface area contributed by atoms with Crippen molar-refractivity contribution in [2.75, 3.05) is 12.4 Å². The van der Waals surface area contributed by atoms with Crippen molar-refractivity contribution in [3.63, 3.8) is 0 Å². The summed E-state index contributed by atoms with van der Waals surface area (Å²) in [4.78, 5) is 1.93. The zero-order chi connectivity index (χ0) is 18.4. The van der Waals surface area contributed by atoms with Crippen LogP contribution in [0.1, 0.15) is 11.3 Å². The molecule has 0 radical (unpaired) electrons. The molecule has 0 saturated heterocycles. The van der Waals surface area contributed by atoms with Crippen molar-refractivity contribution in [1.82, 2.24) is 4.90 Å². The van der Waals surface area contributed by atoms with E-state index in [1.54, 1.807) is 25.5 Å². The Morgan fingerprint density at radius 3 is 2.69 bits per heavy atom. The minimum Gasteiger partial charge on any atom is -0.508 e. The molecule has 2 N–H and O–H groups in total. The van der Waals surface area contributed by atoms with E-state index in [0.29, 0.717) is 18.2 Å². The molecular weight excluding hydrogens is 348 g/mol. The third-order valence-electron chi connectivity index (χ3n) is 3.89. The maximum atomic E-state index is 10.1. The van der Waals surface area contributed by atoms with Crippen LogP contribution in [-0.2, 0) is 13.1 Å². The fourth-order valence-corrected chi connectivity index (χ4v) is 2.79. The lowest BCUT2D eigenvalue weighted by atomic mass is 10.2. The Hall–Kier alpha value is -2.99. The van der Waals surface area contributed by atoms with E-state index >= 15 is 0 Å². The topological polar surface area (TPSA) is 57.9 Å². The maximum absolute atomic E-state index is 10.1.